The van der Waals surface area contributed by atoms with Gasteiger partial charge in [0.1, 0.15) is 17.2 Å². The topological polar surface area (TPSA) is 98.4 Å². The fraction of sp³-hybridized carbons (Fsp3) is 0.618. The van der Waals surface area contributed by atoms with E-state index in [1.165, 1.54) is 6.07 Å². The highest BCUT2D eigenvalue weighted by Gasteiger charge is 2.43. The normalized spacial score (nSPS) is 23.8. The maximum Gasteiger partial charge on any atom is 0.410 e. The third-order valence-corrected chi connectivity index (χ3v) is 9.19. The van der Waals surface area contributed by atoms with Crippen molar-refractivity contribution < 1.29 is 27.8 Å². The van der Waals surface area contributed by atoms with E-state index in [0.29, 0.717) is 56.3 Å². The van der Waals surface area contributed by atoms with Crippen LogP contribution in [0, 0.1) is 11.6 Å². The predicted octanol–water partition coefficient (Wildman–Crippen LogP) is 3.90. The molecule has 1 aromatic heterocycles. The first-order valence-corrected chi connectivity index (χ1v) is 16.1. The Balaban J connectivity index is 1.40. The summed E-state index contributed by atoms with van der Waals surface area (Å²) in [5, 5.41) is 0. The summed E-state index contributed by atoms with van der Waals surface area (Å²) in [7, 11) is 0. The van der Waals surface area contributed by atoms with E-state index in [2.05, 4.69) is 21.7 Å². The number of H-pyrrole nitrogens is 1. The monoisotopic (exact) mass is 643 g/mol. The first kappa shape index (κ1) is 34.0. The van der Waals surface area contributed by atoms with Crippen LogP contribution in [0.4, 0.5) is 19.3 Å². The van der Waals surface area contributed by atoms with E-state index in [1.54, 1.807) is 15.9 Å². The number of amides is 2. The Labute approximate surface area is 269 Å². The van der Waals surface area contributed by atoms with Crippen molar-refractivity contribution in [3.05, 3.63) is 63.1 Å². The number of nitrogens with zero attached hydrogens (tertiary/aromatic N) is 4. The summed E-state index contributed by atoms with van der Waals surface area (Å²) in [5.41, 5.74) is 0.210. The average molecular weight is 644 g/mol. The second kappa shape index (κ2) is 13.0. The molecule has 3 aliphatic heterocycles. The van der Waals surface area contributed by atoms with Crippen LogP contribution in [-0.4, -0.2) is 108 Å². The summed E-state index contributed by atoms with van der Waals surface area (Å²) in [4.78, 5) is 51.4. The number of morpholine rings is 1. The van der Waals surface area contributed by atoms with Gasteiger partial charge in [0.05, 0.1) is 25.4 Å². The molecule has 0 unspecified atom stereocenters. The quantitative estimate of drug-likeness (QED) is 0.510. The first-order chi connectivity index (χ1) is 21.5. The number of fused-ring (bicyclic) bond motifs is 1. The molecule has 46 heavy (non-hydrogen) atoms. The highest BCUT2D eigenvalue weighted by atomic mass is 19.1. The second-order valence-corrected chi connectivity index (χ2v) is 14.6. The largest absolute Gasteiger partial charge is 0.444 e. The van der Waals surface area contributed by atoms with Crippen molar-refractivity contribution in [1.82, 2.24) is 19.7 Å². The molecule has 4 heterocycles. The van der Waals surface area contributed by atoms with Crippen molar-refractivity contribution in [2.45, 2.75) is 84.0 Å². The zero-order chi connectivity index (χ0) is 33.6. The Kier molecular flexibility index (Phi) is 9.64. The van der Waals surface area contributed by atoms with Crippen molar-refractivity contribution in [3.63, 3.8) is 0 Å². The molecule has 1 N–H and O–H groups in total. The van der Waals surface area contributed by atoms with Gasteiger partial charge in [-0.2, -0.15) is 0 Å². The molecule has 5 rings (SSSR count). The lowest BCUT2D eigenvalue weighted by Crippen LogP contribution is -2.64. The van der Waals surface area contributed by atoms with Crippen LogP contribution in [0.5, 0.6) is 0 Å². The molecule has 3 atom stereocenters. The number of aromatic amines is 1. The summed E-state index contributed by atoms with van der Waals surface area (Å²) in [6, 6.07) is 4.85. The van der Waals surface area contributed by atoms with Crippen molar-refractivity contribution in [3.8, 4) is 0 Å². The van der Waals surface area contributed by atoms with Gasteiger partial charge in [-0.3, -0.25) is 19.4 Å². The second-order valence-electron chi connectivity index (χ2n) is 14.6. The maximum atomic E-state index is 14.5. The van der Waals surface area contributed by atoms with Gasteiger partial charge in [-0.15, -0.1) is 0 Å². The van der Waals surface area contributed by atoms with Gasteiger partial charge in [0, 0.05) is 80.0 Å². The fourth-order valence-electron chi connectivity index (χ4n) is 6.69. The Bertz CT molecular complexity index is 1520. The van der Waals surface area contributed by atoms with Crippen LogP contribution in [0.2, 0.25) is 0 Å². The van der Waals surface area contributed by atoms with Crippen LogP contribution >= 0.6 is 0 Å². The lowest BCUT2D eigenvalue weighted by molar-refractivity contribution is -0.121. The van der Waals surface area contributed by atoms with Gasteiger partial charge in [0.15, 0.2) is 0 Å². The lowest BCUT2D eigenvalue weighted by atomic mass is 9.91. The van der Waals surface area contributed by atoms with Crippen LogP contribution in [0.25, 0.3) is 0 Å². The number of halogens is 2. The number of hydrogen-bond donors (Lipinski definition) is 1. The van der Waals surface area contributed by atoms with Crippen molar-refractivity contribution in [2.75, 3.05) is 57.4 Å². The van der Waals surface area contributed by atoms with E-state index < -0.39 is 22.7 Å². The van der Waals surface area contributed by atoms with Gasteiger partial charge in [0.25, 0.3) is 5.56 Å². The molecule has 0 aliphatic carbocycles. The zero-order valence-corrected chi connectivity index (χ0v) is 28.0. The maximum absolute atomic E-state index is 14.5. The number of anilines is 1. The minimum absolute atomic E-state index is 0.0405. The number of pyridine rings is 1. The number of aromatic nitrogens is 1. The summed E-state index contributed by atoms with van der Waals surface area (Å²) in [6.07, 6.45) is -0.406. The number of piperazine rings is 1. The van der Waals surface area contributed by atoms with E-state index in [4.69, 9.17) is 9.47 Å². The van der Waals surface area contributed by atoms with Crippen LogP contribution in [0.1, 0.15) is 65.3 Å². The van der Waals surface area contributed by atoms with Crippen LogP contribution < -0.4 is 10.5 Å². The van der Waals surface area contributed by atoms with Crippen LogP contribution in [0.3, 0.4) is 0 Å². The van der Waals surface area contributed by atoms with E-state index >= 15 is 0 Å². The van der Waals surface area contributed by atoms with Crippen LogP contribution in [0.15, 0.2) is 29.1 Å². The number of carbonyl (C=O) groups is 2. The number of rotatable bonds is 6. The molecule has 0 radical (unpaired) electrons. The molecule has 2 aromatic rings. The standard InChI is InChI=1S/C34H47F2N5O5/c1-21-15-39(26(16-38-10-11-45-19-22(38)2)17-40(21)32(44)46-33(3,4)5)18-29(42)41-20-34(6,7)30-28(41)13-24(31(43)37-30)12-23-8-9-25(35)14-27(23)36/h8-9,13-14,21-22,26H,10-12,15-20H2,1-7H3,(H,37,43)/t21-,22-,26+/m1/s1. The molecule has 12 heteroatoms. The minimum atomic E-state index is -0.728. The van der Waals surface area contributed by atoms with Crippen LogP contribution in [-0.2, 0) is 26.1 Å². The molecule has 2 saturated heterocycles. The molecule has 252 valence electrons. The van der Waals surface area contributed by atoms with Gasteiger partial charge < -0.3 is 24.3 Å². The summed E-state index contributed by atoms with van der Waals surface area (Å²) >= 11 is 0. The first-order valence-electron chi connectivity index (χ1n) is 16.1. The van der Waals surface area contributed by atoms with E-state index in [0.717, 1.165) is 18.7 Å². The number of hydrogen-bond acceptors (Lipinski definition) is 7. The van der Waals surface area contributed by atoms with E-state index in [9.17, 15) is 23.2 Å². The van der Waals surface area contributed by atoms with Crippen molar-refractivity contribution in [2.24, 2.45) is 0 Å². The SMILES string of the molecule is C[C@@H]1COCCN1C[C@H]1CN(C(=O)OC(C)(C)C)[C@H](C)CN1CC(=O)N1CC(C)(C)c2[nH]c(=O)c(Cc3ccc(F)cc3F)cc21. The van der Waals surface area contributed by atoms with Gasteiger partial charge in [-0.05, 0) is 52.3 Å². The minimum Gasteiger partial charge on any atom is -0.444 e. The highest BCUT2D eigenvalue weighted by Crippen LogP contribution is 2.39. The average Bonchev–Trinajstić information content (AvgIpc) is 3.21. The van der Waals surface area contributed by atoms with Gasteiger partial charge in [-0.25, -0.2) is 13.6 Å². The zero-order valence-electron chi connectivity index (χ0n) is 28.0. The molecule has 2 amide bonds. The molecule has 10 nitrogen and oxygen atoms in total. The van der Waals surface area contributed by atoms with E-state index in [-0.39, 0.29) is 54.2 Å². The molecule has 3 aliphatic rings. The predicted molar refractivity (Wildman–Crippen MR) is 171 cm³/mol. The van der Waals surface area contributed by atoms with Crippen molar-refractivity contribution in [1.29, 1.82) is 0 Å². The Morgan fingerprint density at radius 1 is 1.07 bits per heavy atom. The summed E-state index contributed by atoms with van der Waals surface area (Å²) < 4.78 is 39.4. The van der Waals surface area contributed by atoms with E-state index in [1.807, 2.05) is 41.5 Å². The summed E-state index contributed by atoms with van der Waals surface area (Å²) in [6.45, 7) is 17.6. The lowest BCUT2D eigenvalue weighted by Gasteiger charge is -2.47. The van der Waals surface area contributed by atoms with Gasteiger partial charge in [0.2, 0.25) is 5.91 Å². The fourth-order valence-corrected chi connectivity index (χ4v) is 6.69. The molecule has 2 fully saturated rings. The summed E-state index contributed by atoms with van der Waals surface area (Å²) in [5.74, 6) is -1.55. The van der Waals surface area contributed by atoms with Gasteiger partial charge in [-0.1, -0.05) is 19.9 Å². The molecule has 0 bridgehead atoms. The van der Waals surface area contributed by atoms with Gasteiger partial charge >= 0.3 is 6.09 Å². The Hall–Kier alpha value is -3.35. The number of benzene rings is 1. The molecule has 1 aromatic carbocycles. The third kappa shape index (κ3) is 7.44. The third-order valence-electron chi connectivity index (χ3n) is 9.19. The number of ether oxygens (including phenoxy) is 2. The van der Waals surface area contributed by atoms with Crippen molar-refractivity contribution >= 4 is 17.7 Å². The molecule has 0 saturated carbocycles. The highest BCUT2D eigenvalue weighted by molar-refractivity contribution is 5.97. The number of carbonyl (C=O) groups excluding carboxylic acids is 2. The molecule has 0 spiro atoms. The smallest absolute Gasteiger partial charge is 0.410 e. The Morgan fingerprint density at radius 3 is 2.48 bits per heavy atom. The molecular weight excluding hydrogens is 596 g/mol. The Morgan fingerprint density at radius 2 is 1.80 bits per heavy atom. The number of nitrogens with one attached hydrogen (secondary N) is 1. The molecular formula is C34H47F2N5O5.